The summed E-state index contributed by atoms with van der Waals surface area (Å²) in [5.41, 5.74) is 3.58. The molecule has 1 saturated carbocycles. The number of carbonyl (C=O) groups is 1. The van der Waals surface area contributed by atoms with E-state index in [0.29, 0.717) is 11.4 Å². The summed E-state index contributed by atoms with van der Waals surface area (Å²) < 4.78 is 4.48. The lowest BCUT2D eigenvalue weighted by Gasteiger charge is -2.24. The predicted molar refractivity (Wildman–Crippen MR) is 49.6 cm³/mol. The van der Waals surface area contributed by atoms with Crippen LogP contribution in [-0.4, -0.2) is 22.3 Å². The Balaban J connectivity index is 1.74. The van der Waals surface area contributed by atoms with Gasteiger partial charge in [0, 0.05) is 0 Å². The summed E-state index contributed by atoms with van der Waals surface area (Å²) in [6.07, 6.45) is 3.54. The van der Waals surface area contributed by atoms with E-state index in [9.17, 15) is 4.79 Å². The van der Waals surface area contributed by atoms with Gasteiger partial charge >= 0.3 is 0 Å². The van der Waals surface area contributed by atoms with Gasteiger partial charge in [0.25, 0.3) is 0 Å². The van der Waals surface area contributed by atoms with Crippen LogP contribution in [0.15, 0.2) is 4.63 Å². The first-order valence-electron chi connectivity index (χ1n) is 4.98. The second-order valence-electron chi connectivity index (χ2n) is 3.67. The van der Waals surface area contributed by atoms with Crippen LogP contribution < -0.4 is 5.48 Å². The van der Waals surface area contributed by atoms with Crippen molar-refractivity contribution in [1.82, 2.24) is 15.8 Å². The van der Waals surface area contributed by atoms with Crippen LogP contribution in [0.25, 0.3) is 0 Å². The van der Waals surface area contributed by atoms with Crippen molar-refractivity contribution in [3.63, 3.8) is 0 Å². The van der Waals surface area contributed by atoms with Crippen LogP contribution >= 0.6 is 0 Å². The topological polar surface area (TPSA) is 77.2 Å². The Kier molecular flexibility index (Phi) is 2.96. The fraction of sp³-hybridized carbons (Fsp3) is 0.667. The molecule has 6 nitrogen and oxygen atoms in total. The summed E-state index contributed by atoms with van der Waals surface area (Å²) in [5, 5.41) is 7.20. The third kappa shape index (κ3) is 2.53. The van der Waals surface area contributed by atoms with Crippen molar-refractivity contribution < 1.29 is 14.3 Å². The summed E-state index contributed by atoms with van der Waals surface area (Å²) in [4.78, 5) is 16.5. The molecule has 0 saturated heterocycles. The monoisotopic (exact) mass is 211 g/mol. The Labute approximate surface area is 86.9 Å². The van der Waals surface area contributed by atoms with E-state index in [1.807, 2.05) is 0 Å². The maximum Gasteiger partial charge on any atom is 0.249 e. The number of carbonyl (C=O) groups excluding carboxylic acids is 1. The highest BCUT2D eigenvalue weighted by molar-refractivity contribution is 5.77. The minimum atomic E-state index is -0.222. The van der Waals surface area contributed by atoms with Crippen LogP contribution in [0.2, 0.25) is 0 Å². The fourth-order valence-electron chi connectivity index (χ4n) is 1.24. The Hall–Kier alpha value is -1.43. The molecule has 0 aliphatic heterocycles. The molecule has 1 aromatic heterocycles. The van der Waals surface area contributed by atoms with Crippen LogP contribution in [-0.2, 0) is 16.1 Å². The quantitative estimate of drug-likeness (QED) is 0.734. The van der Waals surface area contributed by atoms with Crippen molar-refractivity contribution in [3.8, 4) is 0 Å². The molecule has 2 rings (SSSR count). The number of amides is 1. The van der Waals surface area contributed by atoms with Gasteiger partial charge in [-0.2, -0.15) is 0 Å². The van der Waals surface area contributed by atoms with Crippen molar-refractivity contribution in [2.45, 2.75) is 38.7 Å². The fourth-order valence-corrected chi connectivity index (χ4v) is 1.24. The summed E-state index contributed by atoms with van der Waals surface area (Å²) >= 11 is 0. The number of hydrogen-bond donors (Lipinski definition) is 1. The molecule has 0 unspecified atom stereocenters. The van der Waals surface area contributed by atoms with E-state index in [0.717, 1.165) is 12.8 Å². The predicted octanol–water partition coefficient (Wildman–Crippen LogP) is 0.521. The van der Waals surface area contributed by atoms with E-state index in [1.165, 1.54) is 6.42 Å². The molecule has 1 aromatic rings. The van der Waals surface area contributed by atoms with E-state index in [1.54, 1.807) is 6.92 Å². The molecule has 0 bridgehead atoms. The summed E-state index contributed by atoms with van der Waals surface area (Å²) in [7, 11) is 0. The highest BCUT2D eigenvalue weighted by Gasteiger charge is 2.19. The molecule has 1 heterocycles. The Morgan fingerprint density at radius 1 is 1.60 bits per heavy atom. The third-order valence-corrected chi connectivity index (χ3v) is 2.47. The average Bonchev–Trinajstić information content (AvgIpc) is 2.49. The average molecular weight is 211 g/mol. The number of aryl methyl sites for hydroxylation is 1. The van der Waals surface area contributed by atoms with Crippen molar-refractivity contribution in [2.75, 3.05) is 0 Å². The molecular formula is C9H13N3O3. The van der Waals surface area contributed by atoms with Crippen molar-refractivity contribution >= 4 is 5.91 Å². The first kappa shape index (κ1) is 10.1. The Morgan fingerprint density at radius 3 is 2.93 bits per heavy atom. The van der Waals surface area contributed by atoms with Crippen LogP contribution in [0.3, 0.4) is 0 Å². The molecule has 0 aromatic carbocycles. The molecule has 0 atom stereocenters. The van der Waals surface area contributed by atoms with Crippen LogP contribution in [0.1, 0.15) is 30.7 Å². The normalized spacial score (nSPS) is 16.1. The summed E-state index contributed by atoms with van der Waals surface area (Å²) in [5.74, 6) is -0.222. The first-order chi connectivity index (χ1) is 7.25. The lowest BCUT2D eigenvalue weighted by atomic mass is 9.97. The number of hydrogen-bond acceptors (Lipinski definition) is 5. The van der Waals surface area contributed by atoms with E-state index in [2.05, 4.69) is 20.4 Å². The van der Waals surface area contributed by atoms with Gasteiger partial charge in [0.05, 0.1) is 12.5 Å². The first-order valence-corrected chi connectivity index (χ1v) is 4.98. The molecule has 0 radical (unpaired) electrons. The largest absolute Gasteiger partial charge is 0.272 e. The van der Waals surface area contributed by atoms with Gasteiger partial charge in [-0.15, -0.1) is 0 Å². The third-order valence-electron chi connectivity index (χ3n) is 2.47. The van der Waals surface area contributed by atoms with Crippen LogP contribution in [0.4, 0.5) is 0 Å². The number of rotatable bonds is 4. The lowest BCUT2D eigenvalue weighted by Crippen LogP contribution is -2.34. The second-order valence-corrected chi connectivity index (χ2v) is 3.67. The lowest BCUT2D eigenvalue weighted by molar-refractivity contribution is -0.142. The van der Waals surface area contributed by atoms with Crippen molar-refractivity contribution in [2.24, 2.45) is 0 Å². The van der Waals surface area contributed by atoms with Gasteiger partial charge in [0.1, 0.15) is 11.4 Å². The van der Waals surface area contributed by atoms with E-state index in [4.69, 9.17) is 4.84 Å². The van der Waals surface area contributed by atoms with Gasteiger partial charge in [0.2, 0.25) is 5.91 Å². The Bertz CT molecular complexity index is 346. The molecule has 0 spiro atoms. The maximum atomic E-state index is 11.4. The highest BCUT2D eigenvalue weighted by Crippen LogP contribution is 2.20. The van der Waals surface area contributed by atoms with Gasteiger partial charge in [-0.05, 0) is 26.2 Å². The SMILES string of the molecule is Cc1nonc1CC(=O)NOC1CCC1. The maximum absolute atomic E-state index is 11.4. The zero-order valence-electron chi connectivity index (χ0n) is 8.52. The van der Waals surface area contributed by atoms with Gasteiger partial charge in [-0.1, -0.05) is 10.3 Å². The van der Waals surface area contributed by atoms with E-state index < -0.39 is 0 Å². The van der Waals surface area contributed by atoms with Crippen molar-refractivity contribution in [1.29, 1.82) is 0 Å². The molecule has 1 amide bonds. The minimum Gasteiger partial charge on any atom is -0.272 e. The summed E-state index contributed by atoms with van der Waals surface area (Å²) in [6.45, 7) is 1.74. The number of hydroxylamine groups is 1. The molecule has 6 heteroatoms. The highest BCUT2D eigenvalue weighted by atomic mass is 16.7. The van der Waals surface area contributed by atoms with Gasteiger partial charge < -0.3 is 0 Å². The molecule has 1 aliphatic carbocycles. The summed E-state index contributed by atoms with van der Waals surface area (Å²) in [6, 6.07) is 0. The Morgan fingerprint density at radius 2 is 2.40 bits per heavy atom. The van der Waals surface area contributed by atoms with Crippen molar-refractivity contribution in [3.05, 3.63) is 11.4 Å². The zero-order valence-corrected chi connectivity index (χ0v) is 8.52. The second kappa shape index (κ2) is 4.39. The number of nitrogens with one attached hydrogen (secondary N) is 1. The molecule has 15 heavy (non-hydrogen) atoms. The zero-order chi connectivity index (χ0) is 10.7. The van der Waals surface area contributed by atoms with Gasteiger partial charge in [-0.3, -0.25) is 9.63 Å². The molecule has 82 valence electrons. The molecule has 1 aliphatic rings. The minimum absolute atomic E-state index is 0.141. The molecule has 1 fully saturated rings. The number of aromatic nitrogens is 2. The number of nitrogens with zero attached hydrogens (tertiary/aromatic N) is 2. The van der Waals surface area contributed by atoms with E-state index >= 15 is 0 Å². The van der Waals surface area contributed by atoms with Gasteiger partial charge in [0.15, 0.2) is 0 Å². The van der Waals surface area contributed by atoms with E-state index in [-0.39, 0.29) is 18.4 Å². The standard InChI is InChI=1S/C9H13N3O3/c1-6-8(11-15-10-6)5-9(13)12-14-7-3-2-4-7/h7H,2-5H2,1H3,(H,12,13). The van der Waals surface area contributed by atoms with Gasteiger partial charge in [-0.25, -0.2) is 10.1 Å². The molecule has 1 N–H and O–H groups in total. The smallest absolute Gasteiger partial charge is 0.249 e. The van der Waals surface area contributed by atoms with Crippen LogP contribution in [0.5, 0.6) is 0 Å². The molecular weight excluding hydrogens is 198 g/mol. The van der Waals surface area contributed by atoms with Crippen LogP contribution in [0, 0.1) is 6.92 Å².